The quantitative estimate of drug-likeness (QED) is 0.181. The lowest BCUT2D eigenvalue weighted by atomic mass is 9.89. The minimum atomic E-state index is -0.230. The number of hydrogen-bond acceptors (Lipinski definition) is 5. The molecule has 0 saturated carbocycles. The molecule has 0 spiro atoms. The van der Waals surface area contributed by atoms with Crippen LogP contribution in [0.25, 0.3) is 44.5 Å². The molecule has 0 aliphatic heterocycles. The van der Waals surface area contributed by atoms with Gasteiger partial charge in [0.25, 0.3) is 0 Å². The minimum Gasteiger partial charge on any atom is -0.289 e. The first-order valence-electron chi connectivity index (χ1n) is 14.3. The Bertz CT molecular complexity index is 2030. The summed E-state index contributed by atoms with van der Waals surface area (Å²) >= 11 is 0. The highest BCUT2D eigenvalue weighted by Gasteiger charge is 2.17. The van der Waals surface area contributed by atoms with E-state index in [4.69, 9.17) is 0 Å². The van der Waals surface area contributed by atoms with E-state index in [2.05, 4.69) is 24.3 Å². The third kappa shape index (κ3) is 6.04. The Morgan fingerprint density at radius 2 is 0.609 bits per heavy atom. The number of carbonyl (C=O) groups is 1. The van der Waals surface area contributed by atoms with E-state index in [1.54, 1.807) is 72.8 Å². The van der Waals surface area contributed by atoms with Crippen molar-refractivity contribution in [3.05, 3.63) is 167 Å². The Labute approximate surface area is 266 Å². The summed E-state index contributed by atoms with van der Waals surface area (Å²) < 4.78 is 0. The number of benzene rings is 6. The topological polar surface area (TPSA) is 112 Å². The average molecular weight is 587 g/mol. The van der Waals surface area contributed by atoms with Crippen LogP contribution >= 0.6 is 0 Å². The van der Waals surface area contributed by atoms with E-state index in [1.807, 2.05) is 60.7 Å². The number of rotatable bonds is 6. The van der Waals surface area contributed by atoms with Crippen molar-refractivity contribution in [3.8, 4) is 68.8 Å². The highest BCUT2D eigenvalue weighted by Crippen LogP contribution is 2.33. The zero-order chi connectivity index (χ0) is 32.0. The molecule has 46 heavy (non-hydrogen) atoms. The molecule has 0 atom stereocenters. The summed E-state index contributed by atoms with van der Waals surface area (Å²) in [6, 6.07) is 48.7. The molecule has 0 aromatic heterocycles. The van der Waals surface area contributed by atoms with Crippen LogP contribution in [0.3, 0.4) is 0 Å². The van der Waals surface area contributed by atoms with E-state index in [1.165, 1.54) is 0 Å². The Balaban J connectivity index is 1.56. The second-order valence-corrected chi connectivity index (χ2v) is 10.7. The van der Waals surface area contributed by atoms with E-state index in [0.29, 0.717) is 33.4 Å². The van der Waals surface area contributed by atoms with Crippen LogP contribution in [0.1, 0.15) is 38.2 Å². The van der Waals surface area contributed by atoms with Gasteiger partial charge in [0, 0.05) is 11.1 Å². The van der Waals surface area contributed by atoms with Crippen LogP contribution in [0.4, 0.5) is 0 Å². The second kappa shape index (κ2) is 12.7. The fraction of sp³-hybridized carbons (Fsp3) is 0. The molecule has 0 saturated heterocycles. The summed E-state index contributed by atoms with van der Waals surface area (Å²) in [6.07, 6.45) is 0. The maximum absolute atomic E-state index is 14.5. The van der Waals surface area contributed by atoms with Gasteiger partial charge in [0.1, 0.15) is 0 Å². The van der Waals surface area contributed by atoms with Crippen molar-refractivity contribution in [2.45, 2.75) is 0 Å². The van der Waals surface area contributed by atoms with Crippen LogP contribution in [0.5, 0.6) is 0 Å². The fourth-order valence-corrected chi connectivity index (χ4v) is 5.42. The molecule has 5 nitrogen and oxygen atoms in total. The first-order valence-corrected chi connectivity index (χ1v) is 14.3. The Morgan fingerprint density at radius 1 is 0.348 bits per heavy atom. The smallest absolute Gasteiger partial charge is 0.193 e. The molecule has 0 aliphatic rings. The molecule has 6 aromatic rings. The number of hydrogen-bond donors (Lipinski definition) is 0. The minimum absolute atomic E-state index is 0.230. The lowest BCUT2D eigenvalue weighted by molar-refractivity contribution is 0.103. The lowest BCUT2D eigenvalue weighted by Gasteiger charge is -2.13. The zero-order valence-electron chi connectivity index (χ0n) is 24.4. The summed E-state index contributed by atoms with van der Waals surface area (Å²) in [5.41, 5.74) is 8.97. The molecule has 6 rings (SSSR count). The molecule has 6 aromatic carbocycles. The molecule has 0 heterocycles. The number of nitriles is 4. The highest BCUT2D eigenvalue weighted by molar-refractivity contribution is 6.11. The van der Waals surface area contributed by atoms with Gasteiger partial charge in [-0.25, -0.2) is 0 Å². The third-order valence-electron chi connectivity index (χ3n) is 7.69. The SMILES string of the molecule is N#Cc1cccc(-c2cc(C(=O)c3cc(-c4cccc(C#N)c4)cc(-c4cccc(C#N)c4)c3)cc(-c3cccc(C#N)c3)c2)c1. The van der Waals surface area contributed by atoms with Gasteiger partial charge in [-0.1, -0.05) is 48.5 Å². The molecule has 0 unspecified atom stereocenters. The van der Waals surface area contributed by atoms with Crippen LogP contribution in [-0.4, -0.2) is 5.78 Å². The van der Waals surface area contributed by atoms with Gasteiger partial charge < -0.3 is 0 Å². The van der Waals surface area contributed by atoms with Crippen molar-refractivity contribution in [1.82, 2.24) is 0 Å². The Hall–Kier alpha value is -7.05. The standard InChI is InChI=1S/C41H22N4O/c42-23-27-5-1-9-31(13-27)35-17-36(32-10-2-6-28(14-32)24-43)20-39(19-35)41(46)40-21-37(33-11-3-7-29(15-33)25-44)18-38(22-40)34-12-4-8-30(16-34)26-45/h1-22H. The van der Waals surface area contributed by atoms with Gasteiger partial charge in [-0.2, -0.15) is 21.0 Å². The van der Waals surface area contributed by atoms with Gasteiger partial charge in [-0.3, -0.25) is 4.79 Å². The van der Waals surface area contributed by atoms with Gasteiger partial charge in [0.2, 0.25) is 0 Å². The van der Waals surface area contributed by atoms with Crippen molar-refractivity contribution in [2.24, 2.45) is 0 Å². The maximum atomic E-state index is 14.5. The molecule has 0 bridgehead atoms. The predicted octanol–water partition coefficient (Wildman–Crippen LogP) is 9.07. The summed E-state index contributed by atoms with van der Waals surface area (Å²) in [7, 11) is 0. The van der Waals surface area contributed by atoms with Gasteiger partial charge in [-0.15, -0.1) is 0 Å². The number of ketones is 1. The van der Waals surface area contributed by atoms with Crippen molar-refractivity contribution in [1.29, 1.82) is 21.0 Å². The molecule has 0 fully saturated rings. The summed E-state index contributed by atoms with van der Waals surface area (Å²) in [6.45, 7) is 0. The molecule has 0 aliphatic carbocycles. The van der Waals surface area contributed by atoms with E-state index in [-0.39, 0.29) is 5.78 Å². The Morgan fingerprint density at radius 3 is 0.848 bits per heavy atom. The molecule has 212 valence electrons. The van der Waals surface area contributed by atoms with Crippen LogP contribution in [0.15, 0.2) is 133 Å². The van der Waals surface area contributed by atoms with Crippen molar-refractivity contribution in [3.63, 3.8) is 0 Å². The lowest BCUT2D eigenvalue weighted by Crippen LogP contribution is -2.03. The summed E-state index contributed by atoms with van der Waals surface area (Å²) in [4.78, 5) is 14.5. The normalized spacial score (nSPS) is 10.2. The molecule has 0 amide bonds. The first-order chi connectivity index (χ1) is 22.5. The van der Waals surface area contributed by atoms with Gasteiger partial charge >= 0.3 is 0 Å². The van der Waals surface area contributed by atoms with E-state index in [0.717, 1.165) is 44.5 Å². The average Bonchev–Trinajstić information content (AvgIpc) is 3.14. The summed E-state index contributed by atoms with van der Waals surface area (Å²) in [5.74, 6) is -0.230. The monoisotopic (exact) mass is 586 g/mol. The van der Waals surface area contributed by atoms with E-state index in [9.17, 15) is 25.8 Å². The van der Waals surface area contributed by atoms with E-state index < -0.39 is 0 Å². The maximum Gasteiger partial charge on any atom is 0.193 e. The van der Waals surface area contributed by atoms with Gasteiger partial charge in [0.15, 0.2) is 5.78 Å². The molecule has 0 N–H and O–H groups in total. The molecule has 5 heteroatoms. The first kappa shape index (κ1) is 29.0. The predicted molar refractivity (Wildman–Crippen MR) is 177 cm³/mol. The Kier molecular flexibility index (Phi) is 8.00. The van der Waals surface area contributed by atoms with Crippen LogP contribution in [0, 0.1) is 45.3 Å². The zero-order valence-corrected chi connectivity index (χ0v) is 24.4. The third-order valence-corrected chi connectivity index (χ3v) is 7.69. The fourth-order valence-electron chi connectivity index (χ4n) is 5.42. The molecular weight excluding hydrogens is 564 g/mol. The number of carbonyl (C=O) groups excluding carboxylic acids is 1. The summed E-state index contributed by atoms with van der Waals surface area (Å²) in [5, 5.41) is 38.1. The van der Waals surface area contributed by atoms with Crippen molar-refractivity contribution in [2.75, 3.05) is 0 Å². The van der Waals surface area contributed by atoms with E-state index >= 15 is 0 Å². The number of nitrogens with zero attached hydrogens (tertiary/aromatic N) is 4. The molecular formula is C41H22N4O. The van der Waals surface area contributed by atoms with Crippen LogP contribution in [0.2, 0.25) is 0 Å². The van der Waals surface area contributed by atoms with Crippen LogP contribution in [-0.2, 0) is 0 Å². The largest absolute Gasteiger partial charge is 0.289 e. The van der Waals surface area contributed by atoms with Crippen LogP contribution < -0.4 is 0 Å². The molecule has 0 radical (unpaired) electrons. The van der Waals surface area contributed by atoms with Crippen molar-refractivity contribution < 1.29 is 4.79 Å². The van der Waals surface area contributed by atoms with Gasteiger partial charge in [0.05, 0.1) is 46.5 Å². The highest BCUT2D eigenvalue weighted by atomic mass is 16.1. The van der Waals surface area contributed by atoms with Crippen molar-refractivity contribution >= 4 is 5.78 Å². The second-order valence-electron chi connectivity index (χ2n) is 10.7. The van der Waals surface area contributed by atoms with Gasteiger partial charge in [-0.05, 0) is 129 Å².